The van der Waals surface area contributed by atoms with E-state index in [1.165, 1.54) is 0 Å². The molecule has 1 saturated heterocycles. The van der Waals surface area contributed by atoms with Gasteiger partial charge in [-0.1, -0.05) is 18.2 Å². The lowest BCUT2D eigenvalue weighted by atomic mass is 10.1. The minimum absolute atomic E-state index is 0.170. The number of nitrogens with one attached hydrogen (secondary N) is 1. The molecule has 1 heterocycles. The fourth-order valence-corrected chi connectivity index (χ4v) is 2.05. The normalized spacial score (nSPS) is 15.4. The molecular formula is C13H14N2O3. The number of carbonyl (C=O) groups is 3. The molecule has 1 aliphatic heterocycles. The van der Waals surface area contributed by atoms with Gasteiger partial charge in [0.2, 0.25) is 11.8 Å². The highest BCUT2D eigenvalue weighted by molar-refractivity contribution is 6.02. The van der Waals surface area contributed by atoms with Gasteiger partial charge in [0.15, 0.2) is 0 Å². The number of carbonyl (C=O) groups excluding carboxylic acids is 3. The van der Waals surface area contributed by atoms with Crippen molar-refractivity contribution in [1.29, 1.82) is 0 Å². The Morgan fingerprint density at radius 2 is 1.83 bits per heavy atom. The van der Waals surface area contributed by atoms with Gasteiger partial charge in [0.05, 0.1) is 13.1 Å². The topological polar surface area (TPSA) is 66.5 Å². The second kappa shape index (κ2) is 5.44. The molecule has 94 valence electrons. The zero-order valence-electron chi connectivity index (χ0n) is 9.89. The highest BCUT2D eigenvalue weighted by Gasteiger charge is 2.23. The summed E-state index contributed by atoms with van der Waals surface area (Å²) in [6.45, 7) is 0.341. The van der Waals surface area contributed by atoms with Crippen LogP contribution in [-0.4, -0.2) is 31.2 Å². The molecule has 5 heteroatoms. The molecule has 18 heavy (non-hydrogen) atoms. The lowest BCUT2D eigenvalue weighted by molar-refractivity contribution is -0.130. The molecule has 0 aromatic heterocycles. The average molecular weight is 246 g/mol. The van der Waals surface area contributed by atoms with Crippen molar-refractivity contribution in [3.05, 3.63) is 29.8 Å². The number of para-hydroxylation sites is 1. The number of aldehydes is 1. The van der Waals surface area contributed by atoms with Crippen molar-refractivity contribution in [2.24, 2.45) is 0 Å². The first-order chi connectivity index (χ1) is 8.70. The van der Waals surface area contributed by atoms with E-state index in [-0.39, 0.29) is 24.9 Å². The van der Waals surface area contributed by atoms with Crippen LogP contribution in [-0.2, 0) is 20.8 Å². The van der Waals surface area contributed by atoms with Crippen LogP contribution in [0.15, 0.2) is 24.3 Å². The summed E-state index contributed by atoms with van der Waals surface area (Å²) in [5, 5.41) is 2.27. The monoisotopic (exact) mass is 246 g/mol. The Morgan fingerprint density at radius 1 is 1.17 bits per heavy atom. The molecule has 1 aromatic rings. The Balaban J connectivity index is 2.23. The van der Waals surface area contributed by atoms with Gasteiger partial charge < -0.3 is 9.69 Å². The van der Waals surface area contributed by atoms with Crippen molar-refractivity contribution in [2.45, 2.75) is 12.8 Å². The van der Waals surface area contributed by atoms with Gasteiger partial charge in [-0.25, -0.2) is 0 Å². The van der Waals surface area contributed by atoms with Gasteiger partial charge in [-0.3, -0.25) is 14.9 Å². The quantitative estimate of drug-likeness (QED) is 0.612. The average Bonchev–Trinajstić information content (AvgIpc) is 2.35. The van der Waals surface area contributed by atoms with Crippen LogP contribution >= 0.6 is 0 Å². The fourth-order valence-electron chi connectivity index (χ4n) is 2.05. The van der Waals surface area contributed by atoms with Crippen molar-refractivity contribution in [1.82, 2.24) is 5.32 Å². The third-order valence-electron chi connectivity index (χ3n) is 2.81. The van der Waals surface area contributed by atoms with E-state index in [2.05, 4.69) is 5.32 Å². The van der Waals surface area contributed by atoms with Gasteiger partial charge in [-0.2, -0.15) is 0 Å². The predicted octanol–water partition coefficient (Wildman–Crippen LogP) is 0.281. The number of hydrogen-bond acceptors (Lipinski definition) is 4. The number of anilines is 1. The van der Waals surface area contributed by atoms with Crippen LogP contribution in [0.2, 0.25) is 0 Å². The molecular weight excluding hydrogens is 232 g/mol. The summed E-state index contributed by atoms with van der Waals surface area (Å²) in [5.41, 5.74) is 1.83. The van der Waals surface area contributed by atoms with E-state index in [1.54, 1.807) is 4.90 Å². The first-order valence-electron chi connectivity index (χ1n) is 5.80. The first-order valence-corrected chi connectivity index (χ1v) is 5.80. The minimum Gasteiger partial charge on any atom is -0.353 e. The SMILES string of the molecule is O=CCCc1ccccc1N1CC(=O)NC(=O)C1. The number of aryl methyl sites for hydroxylation is 1. The highest BCUT2D eigenvalue weighted by Crippen LogP contribution is 2.22. The predicted molar refractivity (Wildman–Crippen MR) is 66.2 cm³/mol. The molecule has 1 N–H and O–H groups in total. The number of imide groups is 1. The fraction of sp³-hybridized carbons (Fsp3) is 0.308. The standard InChI is InChI=1S/C13H14N2O3/c16-7-3-5-10-4-1-2-6-11(10)15-8-12(17)14-13(18)9-15/h1-2,4,6-7H,3,5,8-9H2,(H,14,17,18). The molecule has 1 fully saturated rings. The second-order valence-electron chi connectivity index (χ2n) is 4.16. The maximum atomic E-state index is 11.4. The second-order valence-corrected chi connectivity index (χ2v) is 4.16. The Hall–Kier alpha value is -2.17. The molecule has 0 bridgehead atoms. The third-order valence-corrected chi connectivity index (χ3v) is 2.81. The third kappa shape index (κ3) is 2.74. The molecule has 0 atom stereocenters. The van der Waals surface area contributed by atoms with Crippen molar-refractivity contribution < 1.29 is 14.4 Å². The number of nitrogens with zero attached hydrogens (tertiary/aromatic N) is 1. The van der Waals surface area contributed by atoms with Crippen LogP contribution in [0.25, 0.3) is 0 Å². The number of piperazine rings is 1. The van der Waals surface area contributed by atoms with Gasteiger partial charge in [0.1, 0.15) is 6.29 Å². The van der Waals surface area contributed by atoms with Crippen molar-refractivity contribution in [2.75, 3.05) is 18.0 Å². The molecule has 2 amide bonds. The smallest absolute Gasteiger partial charge is 0.246 e. The number of hydrogen-bond donors (Lipinski definition) is 1. The van der Waals surface area contributed by atoms with Gasteiger partial charge in [-0.15, -0.1) is 0 Å². The van der Waals surface area contributed by atoms with E-state index in [0.29, 0.717) is 12.8 Å². The molecule has 0 radical (unpaired) electrons. The molecule has 0 spiro atoms. The van der Waals surface area contributed by atoms with Crippen LogP contribution in [0.3, 0.4) is 0 Å². The lowest BCUT2D eigenvalue weighted by Crippen LogP contribution is -2.51. The molecule has 1 aliphatic rings. The molecule has 2 rings (SSSR count). The Morgan fingerprint density at radius 3 is 2.50 bits per heavy atom. The van der Waals surface area contributed by atoms with E-state index in [9.17, 15) is 14.4 Å². The summed E-state index contributed by atoms with van der Waals surface area (Å²) >= 11 is 0. The van der Waals surface area contributed by atoms with Crippen LogP contribution in [0.4, 0.5) is 5.69 Å². The highest BCUT2D eigenvalue weighted by atomic mass is 16.2. The number of rotatable bonds is 4. The van der Waals surface area contributed by atoms with E-state index < -0.39 is 0 Å². The van der Waals surface area contributed by atoms with Crippen molar-refractivity contribution in [3.8, 4) is 0 Å². The Kier molecular flexibility index (Phi) is 3.72. The van der Waals surface area contributed by atoms with Crippen LogP contribution in [0, 0.1) is 0 Å². The van der Waals surface area contributed by atoms with E-state index in [4.69, 9.17) is 0 Å². The Bertz CT molecular complexity index is 469. The van der Waals surface area contributed by atoms with Crippen molar-refractivity contribution >= 4 is 23.8 Å². The van der Waals surface area contributed by atoms with Gasteiger partial charge in [0.25, 0.3) is 0 Å². The zero-order chi connectivity index (χ0) is 13.0. The summed E-state index contributed by atoms with van der Waals surface area (Å²) in [6.07, 6.45) is 1.92. The van der Waals surface area contributed by atoms with Gasteiger partial charge in [0, 0.05) is 12.1 Å². The molecule has 1 aromatic carbocycles. The first kappa shape index (κ1) is 12.3. The molecule has 0 aliphatic carbocycles. The zero-order valence-corrected chi connectivity index (χ0v) is 9.89. The summed E-state index contributed by atoms with van der Waals surface area (Å²) in [5.74, 6) is -0.590. The minimum atomic E-state index is -0.295. The van der Waals surface area contributed by atoms with Crippen LogP contribution < -0.4 is 10.2 Å². The molecule has 0 unspecified atom stereocenters. The van der Waals surface area contributed by atoms with Crippen LogP contribution in [0.1, 0.15) is 12.0 Å². The van der Waals surface area contributed by atoms with Gasteiger partial charge >= 0.3 is 0 Å². The number of benzene rings is 1. The maximum Gasteiger partial charge on any atom is 0.246 e. The van der Waals surface area contributed by atoms with E-state index in [1.807, 2.05) is 24.3 Å². The van der Waals surface area contributed by atoms with E-state index >= 15 is 0 Å². The summed E-state index contributed by atoms with van der Waals surface area (Å²) in [6, 6.07) is 7.52. The van der Waals surface area contributed by atoms with Crippen molar-refractivity contribution in [3.63, 3.8) is 0 Å². The molecule has 0 saturated carbocycles. The Labute approximate surface area is 105 Å². The summed E-state index contributed by atoms with van der Waals surface area (Å²) < 4.78 is 0. The van der Waals surface area contributed by atoms with Crippen LogP contribution in [0.5, 0.6) is 0 Å². The largest absolute Gasteiger partial charge is 0.353 e. The maximum absolute atomic E-state index is 11.4. The number of amides is 2. The summed E-state index contributed by atoms with van der Waals surface area (Å²) in [7, 11) is 0. The summed E-state index contributed by atoms with van der Waals surface area (Å²) in [4.78, 5) is 34.9. The lowest BCUT2D eigenvalue weighted by Gasteiger charge is -2.29. The molecule has 5 nitrogen and oxygen atoms in total. The van der Waals surface area contributed by atoms with Gasteiger partial charge in [-0.05, 0) is 18.1 Å². The van der Waals surface area contributed by atoms with E-state index in [0.717, 1.165) is 17.5 Å².